The molecule has 1 heterocycles. The minimum atomic E-state index is -0.955. The zero-order valence-corrected chi connectivity index (χ0v) is 19.8. The van der Waals surface area contributed by atoms with E-state index >= 15 is 0 Å². The van der Waals surface area contributed by atoms with Crippen molar-refractivity contribution in [1.82, 2.24) is 4.68 Å². The van der Waals surface area contributed by atoms with Crippen LogP contribution in [0.5, 0.6) is 0 Å². The van der Waals surface area contributed by atoms with E-state index in [1.807, 2.05) is 26.0 Å². The van der Waals surface area contributed by atoms with Crippen LogP contribution in [-0.2, 0) is 9.59 Å². The minimum absolute atomic E-state index is 0.130. The summed E-state index contributed by atoms with van der Waals surface area (Å²) in [5, 5.41) is 6.96. The molecule has 7 nitrogen and oxygen atoms in total. The lowest BCUT2D eigenvalue weighted by Gasteiger charge is -2.14. The molecule has 1 aromatic heterocycles. The van der Waals surface area contributed by atoms with Gasteiger partial charge < -0.3 is 10.6 Å². The first-order valence-electron chi connectivity index (χ1n) is 10.3. The number of anilines is 2. The van der Waals surface area contributed by atoms with Gasteiger partial charge in [-0.1, -0.05) is 35.3 Å². The van der Waals surface area contributed by atoms with Crippen LogP contribution >= 0.6 is 23.2 Å². The highest BCUT2D eigenvalue weighted by molar-refractivity contribution is 6.42. The predicted molar refractivity (Wildman–Crippen MR) is 135 cm³/mol. The molecule has 3 aromatic carbocycles. The number of aromatic nitrogens is 1. The van der Waals surface area contributed by atoms with Crippen LogP contribution in [0.25, 0.3) is 10.9 Å². The maximum Gasteiger partial charge on any atom is 0.328 e. The number of halogens is 2. The molecular weight excluding hydrogens is 475 g/mol. The number of benzene rings is 3. The van der Waals surface area contributed by atoms with Crippen LogP contribution < -0.4 is 16.1 Å². The molecule has 4 aromatic rings. The number of hydrogen-bond donors (Lipinski definition) is 3. The summed E-state index contributed by atoms with van der Waals surface area (Å²) in [5.74, 6) is -2.32. The van der Waals surface area contributed by atoms with E-state index in [1.165, 1.54) is 4.68 Å². The number of hydrogen-bond acceptors (Lipinski definition) is 3. The lowest BCUT2D eigenvalue weighted by molar-refractivity contribution is -0.133. The van der Waals surface area contributed by atoms with Gasteiger partial charge >= 0.3 is 11.8 Å². The highest BCUT2D eigenvalue weighted by Gasteiger charge is 2.21. The summed E-state index contributed by atoms with van der Waals surface area (Å²) in [6, 6.07) is 18.5. The molecule has 0 fully saturated rings. The third-order valence-corrected chi connectivity index (χ3v) is 5.86. The monoisotopic (exact) mass is 494 g/mol. The lowest BCUT2D eigenvalue weighted by atomic mass is 10.1. The Bertz CT molecular complexity index is 1430. The van der Waals surface area contributed by atoms with E-state index in [9.17, 15) is 14.4 Å². The van der Waals surface area contributed by atoms with E-state index in [0.717, 1.165) is 11.1 Å². The summed E-state index contributed by atoms with van der Waals surface area (Å²) < 4.78 is 1.27. The number of aryl methyl sites for hydroxylation is 1. The van der Waals surface area contributed by atoms with Crippen LogP contribution in [0, 0.1) is 13.8 Å². The summed E-state index contributed by atoms with van der Waals surface area (Å²) in [6.07, 6.45) is 0. The highest BCUT2D eigenvalue weighted by Crippen LogP contribution is 2.25. The maximum atomic E-state index is 13.2. The second kappa shape index (κ2) is 9.59. The normalized spacial score (nSPS) is 10.7. The van der Waals surface area contributed by atoms with E-state index in [-0.39, 0.29) is 5.69 Å². The molecule has 4 rings (SSSR count). The standard InChI is InChI=1S/C25H20Cl2N4O3/c1-14-4-3-5-20(15(14)2)29-23(32)22-13-16-12-18(27)8-11-21(16)31(22)30-25(34)24(33)28-19-9-6-17(26)7-10-19/h3-13H,1-2H3,(H,28,33)(H,29,32)(H,30,34). The van der Waals surface area contributed by atoms with Gasteiger partial charge in [0.05, 0.1) is 5.52 Å². The summed E-state index contributed by atoms with van der Waals surface area (Å²) in [7, 11) is 0. The van der Waals surface area contributed by atoms with Crippen molar-refractivity contribution in [2.45, 2.75) is 13.8 Å². The zero-order valence-electron chi connectivity index (χ0n) is 18.3. The first-order chi connectivity index (χ1) is 16.2. The SMILES string of the molecule is Cc1cccc(NC(=O)c2cc3cc(Cl)ccc3n2NC(=O)C(=O)Nc2ccc(Cl)cc2)c1C. The number of fused-ring (bicyclic) bond motifs is 1. The largest absolute Gasteiger partial charge is 0.328 e. The second-order valence-electron chi connectivity index (χ2n) is 7.67. The van der Waals surface area contributed by atoms with Crippen LogP contribution in [0.3, 0.4) is 0 Å². The Hall–Kier alpha value is -3.81. The minimum Gasteiger partial charge on any atom is -0.320 e. The smallest absolute Gasteiger partial charge is 0.320 e. The second-order valence-corrected chi connectivity index (χ2v) is 8.54. The quantitative estimate of drug-likeness (QED) is 0.326. The van der Waals surface area contributed by atoms with Crippen molar-refractivity contribution in [2.75, 3.05) is 16.1 Å². The van der Waals surface area contributed by atoms with Gasteiger partial charge in [-0.2, -0.15) is 0 Å². The molecule has 0 unspecified atom stereocenters. The molecule has 0 aliphatic heterocycles. The van der Waals surface area contributed by atoms with Crippen LogP contribution in [0.4, 0.5) is 11.4 Å². The highest BCUT2D eigenvalue weighted by atomic mass is 35.5. The molecular formula is C25H20Cl2N4O3. The van der Waals surface area contributed by atoms with Gasteiger partial charge in [0.1, 0.15) is 5.69 Å². The number of nitrogens with one attached hydrogen (secondary N) is 3. The van der Waals surface area contributed by atoms with Crippen molar-refractivity contribution >= 4 is 63.2 Å². The summed E-state index contributed by atoms with van der Waals surface area (Å²) >= 11 is 12.0. The Labute approximate surface area is 205 Å². The zero-order chi connectivity index (χ0) is 24.4. The topological polar surface area (TPSA) is 92.2 Å². The molecule has 0 aliphatic carbocycles. The third-order valence-electron chi connectivity index (χ3n) is 5.37. The maximum absolute atomic E-state index is 13.2. The van der Waals surface area contributed by atoms with Crippen LogP contribution in [-0.4, -0.2) is 22.4 Å². The fourth-order valence-corrected chi connectivity index (χ4v) is 3.73. The molecule has 0 bridgehead atoms. The van der Waals surface area contributed by atoms with Gasteiger partial charge in [0.25, 0.3) is 5.91 Å². The number of carbonyl (C=O) groups is 3. The van der Waals surface area contributed by atoms with E-state index in [0.29, 0.717) is 32.3 Å². The van der Waals surface area contributed by atoms with Crippen LogP contribution in [0.2, 0.25) is 10.0 Å². The van der Waals surface area contributed by atoms with Gasteiger partial charge in [-0.3, -0.25) is 19.8 Å². The van der Waals surface area contributed by atoms with Crippen molar-refractivity contribution in [3.63, 3.8) is 0 Å². The molecule has 34 heavy (non-hydrogen) atoms. The Balaban J connectivity index is 1.64. The van der Waals surface area contributed by atoms with Crippen molar-refractivity contribution in [1.29, 1.82) is 0 Å². The first kappa shape index (κ1) is 23.4. The molecule has 0 aliphatic rings. The lowest BCUT2D eigenvalue weighted by Crippen LogP contribution is -2.36. The first-order valence-corrected chi connectivity index (χ1v) is 11.0. The van der Waals surface area contributed by atoms with Gasteiger partial charge in [0, 0.05) is 26.8 Å². The Morgan fingerprint density at radius 2 is 1.50 bits per heavy atom. The van der Waals surface area contributed by atoms with Crippen LogP contribution in [0.15, 0.2) is 66.7 Å². The number of rotatable bonds is 4. The third kappa shape index (κ3) is 4.90. The van der Waals surface area contributed by atoms with Crippen molar-refractivity contribution in [3.8, 4) is 0 Å². The molecule has 0 atom stereocenters. The molecule has 3 amide bonds. The molecule has 0 radical (unpaired) electrons. The van der Waals surface area contributed by atoms with Crippen molar-refractivity contribution in [3.05, 3.63) is 93.6 Å². The van der Waals surface area contributed by atoms with E-state index in [4.69, 9.17) is 23.2 Å². The van der Waals surface area contributed by atoms with E-state index < -0.39 is 17.7 Å². The van der Waals surface area contributed by atoms with Crippen molar-refractivity contribution < 1.29 is 14.4 Å². The molecule has 0 spiro atoms. The molecule has 172 valence electrons. The van der Waals surface area contributed by atoms with Gasteiger partial charge in [-0.05, 0) is 79.6 Å². The molecule has 9 heteroatoms. The summed E-state index contributed by atoms with van der Waals surface area (Å²) in [4.78, 5) is 38.4. The fraction of sp³-hybridized carbons (Fsp3) is 0.0800. The average Bonchev–Trinajstić information content (AvgIpc) is 3.15. The number of nitrogens with zero attached hydrogens (tertiary/aromatic N) is 1. The van der Waals surface area contributed by atoms with Gasteiger partial charge in [0.15, 0.2) is 0 Å². The van der Waals surface area contributed by atoms with Crippen molar-refractivity contribution in [2.24, 2.45) is 0 Å². The Morgan fingerprint density at radius 3 is 2.24 bits per heavy atom. The molecule has 0 saturated carbocycles. The van der Waals surface area contributed by atoms with Crippen LogP contribution in [0.1, 0.15) is 21.6 Å². The summed E-state index contributed by atoms with van der Waals surface area (Å²) in [6.45, 7) is 3.85. The molecule has 0 saturated heterocycles. The fourth-order valence-electron chi connectivity index (χ4n) is 3.42. The predicted octanol–water partition coefficient (Wildman–Crippen LogP) is 5.53. The molecule has 3 N–H and O–H groups in total. The Morgan fingerprint density at radius 1 is 0.794 bits per heavy atom. The van der Waals surface area contributed by atoms with E-state index in [1.54, 1.807) is 54.6 Å². The summed E-state index contributed by atoms with van der Waals surface area (Å²) in [5.41, 5.74) is 6.14. The number of carbonyl (C=O) groups excluding carboxylic acids is 3. The van der Waals surface area contributed by atoms with Gasteiger partial charge in [-0.15, -0.1) is 0 Å². The van der Waals surface area contributed by atoms with Gasteiger partial charge in [-0.25, -0.2) is 4.68 Å². The number of amides is 3. The Kier molecular flexibility index (Phi) is 6.58. The van der Waals surface area contributed by atoms with Gasteiger partial charge in [0.2, 0.25) is 0 Å². The average molecular weight is 495 g/mol. The van der Waals surface area contributed by atoms with E-state index in [2.05, 4.69) is 16.1 Å².